The number of hydrogen-bond acceptors (Lipinski definition) is 4. The van der Waals surface area contributed by atoms with Crippen molar-refractivity contribution in [3.05, 3.63) is 29.8 Å². The van der Waals surface area contributed by atoms with Crippen molar-refractivity contribution in [3.63, 3.8) is 0 Å². The molecule has 4 nitrogen and oxygen atoms in total. The summed E-state index contributed by atoms with van der Waals surface area (Å²) in [4.78, 5) is 2.14. The molecule has 114 valence electrons. The molecule has 2 rings (SSSR count). The smallest absolute Gasteiger partial charge is 0.387 e. The van der Waals surface area contributed by atoms with Crippen molar-refractivity contribution in [2.45, 2.75) is 12.7 Å². The molecule has 0 radical (unpaired) electrons. The molecule has 0 spiro atoms. The third-order valence-corrected chi connectivity index (χ3v) is 3.23. The van der Waals surface area contributed by atoms with Crippen molar-refractivity contribution in [2.24, 2.45) is 0 Å². The Morgan fingerprint density at radius 3 is 2.60 bits per heavy atom. The number of alkyl halides is 2. The first kappa shape index (κ1) is 17.1. The summed E-state index contributed by atoms with van der Waals surface area (Å²) in [5.74, 6) is 0.126. The number of ether oxygens (including phenoxy) is 1. The maximum Gasteiger partial charge on any atom is 0.387 e. The lowest BCUT2D eigenvalue weighted by Crippen LogP contribution is -2.46. The Morgan fingerprint density at radius 2 is 2.00 bits per heavy atom. The second kappa shape index (κ2) is 8.36. The highest BCUT2D eigenvalue weighted by Crippen LogP contribution is 2.25. The summed E-state index contributed by atoms with van der Waals surface area (Å²) in [6, 6.07) is 6.36. The lowest BCUT2D eigenvalue weighted by Gasteiger charge is -2.34. The van der Waals surface area contributed by atoms with Crippen LogP contribution in [0.3, 0.4) is 0 Å². The van der Waals surface area contributed by atoms with E-state index in [4.69, 9.17) is 0 Å². The second-order valence-corrected chi connectivity index (χ2v) is 4.44. The van der Waals surface area contributed by atoms with E-state index in [0.29, 0.717) is 0 Å². The Hall–Kier alpha value is -0.950. The van der Waals surface area contributed by atoms with Gasteiger partial charge < -0.3 is 15.2 Å². The van der Waals surface area contributed by atoms with Crippen molar-refractivity contribution in [1.82, 2.24) is 10.2 Å². The van der Waals surface area contributed by atoms with Crippen LogP contribution in [-0.2, 0) is 0 Å². The Balaban J connectivity index is 0.00000200. The fourth-order valence-corrected chi connectivity index (χ4v) is 2.32. The Kier molecular flexibility index (Phi) is 7.15. The van der Waals surface area contributed by atoms with Gasteiger partial charge in [0.25, 0.3) is 0 Å². The van der Waals surface area contributed by atoms with Gasteiger partial charge in [0.2, 0.25) is 0 Å². The summed E-state index contributed by atoms with van der Waals surface area (Å²) in [5, 5.41) is 12.8. The van der Waals surface area contributed by atoms with E-state index in [2.05, 4.69) is 15.0 Å². The van der Waals surface area contributed by atoms with Gasteiger partial charge >= 0.3 is 6.61 Å². The molecule has 1 fully saturated rings. The van der Waals surface area contributed by atoms with Gasteiger partial charge in [-0.1, -0.05) is 12.1 Å². The second-order valence-electron chi connectivity index (χ2n) is 4.44. The molecular formula is C13H19ClF2N2O2. The molecule has 20 heavy (non-hydrogen) atoms. The van der Waals surface area contributed by atoms with Crippen LogP contribution in [0.5, 0.6) is 5.75 Å². The van der Waals surface area contributed by atoms with E-state index in [0.717, 1.165) is 31.7 Å². The number of aliphatic hydroxyl groups excluding tert-OH is 1. The molecule has 0 aromatic heterocycles. The van der Waals surface area contributed by atoms with E-state index < -0.39 is 6.61 Å². The molecular weight excluding hydrogens is 290 g/mol. The first-order valence-corrected chi connectivity index (χ1v) is 6.31. The van der Waals surface area contributed by atoms with Crippen LogP contribution in [0.1, 0.15) is 11.6 Å². The van der Waals surface area contributed by atoms with Crippen LogP contribution >= 0.6 is 12.4 Å². The average molecular weight is 309 g/mol. The number of aliphatic hydroxyl groups is 1. The van der Waals surface area contributed by atoms with Crippen LogP contribution in [-0.4, -0.2) is 49.4 Å². The number of halogens is 3. The highest BCUT2D eigenvalue weighted by atomic mass is 35.5. The van der Waals surface area contributed by atoms with Gasteiger partial charge in [0, 0.05) is 26.2 Å². The number of hydrogen-bond donors (Lipinski definition) is 2. The molecule has 2 N–H and O–H groups in total. The molecule has 1 heterocycles. The summed E-state index contributed by atoms with van der Waals surface area (Å²) in [7, 11) is 0. The predicted octanol–water partition coefficient (Wildman–Crippen LogP) is 1.65. The minimum absolute atomic E-state index is 0. The van der Waals surface area contributed by atoms with Gasteiger partial charge in [-0.2, -0.15) is 8.78 Å². The van der Waals surface area contributed by atoms with E-state index in [1.807, 2.05) is 6.07 Å². The number of piperazine rings is 1. The Labute approximate surface area is 123 Å². The highest BCUT2D eigenvalue weighted by molar-refractivity contribution is 5.85. The fraction of sp³-hybridized carbons (Fsp3) is 0.538. The number of benzene rings is 1. The maximum absolute atomic E-state index is 12.2. The molecule has 0 amide bonds. The normalized spacial score (nSPS) is 17.6. The van der Waals surface area contributed by atoms with Gasteiger partial charge in [0.05, 0.1) is 12.6 Å². The standard InChI is InChI=1S/C13H18F2N2O2.ClH/c14-13(15)19-11-3-1-2-10(8-11)12(9-18)17-6-4-16-5-7-17;/h1-3,8,12-13,16,18H,4-7,9H2;1H/t12-;/m0./s1. The quantitative estimate of drug-likeness (QED) is 0.868. The molecule has 0 bridgehead atoms. The molecule has 1 aromatic carbocycles. The minimum atomic E-state index is -2.83. The largest absolute Gasteiger partial charge is 0.435 e. The first-order valence-electron chi connectivity index (χ1n) is 6.31. The summed E-state index contributed by atoms with van der Waals surface area (Å²) < 4.78 is 28.8. The fourth-order valence-electron chi connectivity index (χ4n) is 2.32. The van der Waals surface area contributed by atoms with Crippen LogP contribution in [0, 0.1) is 0 Å². The third kappa shape index (κ3) is 4.56. The zero-order chi connectivity index (χ0) is 13.7. The Bertz CT molecular complexity index is 404. The van der Waals surface area contributed by atoms with Gasteiger partial charge in [0.1, 0.15) is 5.75 Å². The molecule has 1 aromatic rings. The lowest BCUT2D eigenvalue weighted by molar-refractivity contribution is -0.0499. The van der Waals surface area contributed by atoms with Crippen LogP contribution in [0.25, 0.3) is 0 Å². The summed E-state index contributed by atoms with van der Waals surface area (Å²) in [5.41, 5.74) is 0.794. The van der Waals surface area contributed by atoms with E-state index >= 15 is 0 Å². The molecule has 1 atom stereocenters. The molecule has 0 aliphatic carbocycles. The molecule has 7 heteroatoms. The topological polar surface area (TPSA) is 44.7 Å². The molecule has 1 saturated heterocycles. The summed E-state index contributed by atoms with van der Waals surface area (Å²) in [6.45, 7) is 0.504. The molecule has 0 saturated carbocycles. The van der Waals surface area contributed by atoms with E-state index in [1.165, 1.54) is 6.07 Å². The van der Waals surface area contributed by atoms with Crippen LogP contribution < -0.4 is 10.1 Å². The van der Waals surface area contributed by atoms with Crippen molar-refractivity contribution < 1.29 is 18.6 Å². The van der Waals surface area contributed by atoms with Crippen LogP contribution in [0.2, 0.25) is 0 Å². The summed E-state index contributed by atoms with van der Waals surface area (Å²) >= 11 is 0. The third-order valence-electron chi connectivity index (χ3n) is 3.23. The maximum atomic E-state index is 12.2. The van der Waals surface area contributed by atoms with Gasteiger partial charge in [-0.05, 0) is 17.7 Å². The van der Waals surface area contributed by atoms with Gasteiger partial charge in [0.15, 0.2) is 0 Å². The van der Waals surface area contributed by atoms with Crippen molar-refractivity contribution in [1.29, 1.82) is 0 Å². The van der Waals surface area contributed by atoms with Gasteiger partial charge in [-0.3, -0.25) is 4.90 Å². The Morgan fingerprint density at radius 1 is 1.30 bits per heavy atom. The predicted molar refractivity (Wildman–Crippen MR) is 74.6 cm³/mol. The van der Waals surface area contributed by atoms with Gasteiger partial charge in [-0.25, -0.2) is 0 Å². The van der Waals surface area contributed by atoms with Crippen LogP contribution in [0.15, 0.2) is 24.3 Å². The molecule has 0 unspecified atom stereocenters. The van der Waals surface area contributed by atoms with Crippen molar-refractivity contribution in [3.8, 4) is 5.75 Å². The number of rotatable bonds is 5. The van der Waals surface area contributed by atoms with Gasteiger partial charge in [-0.15, -0.1) is 12.4 Å². The monoisotopic (exact) mass is 308 g/mol. The zero-order valence-electron chi connectivity index (χ0n) is 11.0. The SMILES string of the molecule is Cl.OC[C@@H](c1cccc(OC(F)F)c1)N1CCNCC1. The number of nitrogens with zero attached hydrogens (tertiary/aromatic N) is 1. The van der Waals surface area contributed by atoms with Crippen molar-refractivity contribution >= 4 is 12.4 Å². The average Bonchev–Trinajstić information content (AvgIpc) is 2.40. The number of nitrogens with one attached hydrogen (secondary N) is 1. The molecule has 1 aliphatic rings. The van der Waals surface area contributed by atoms with E-state index in [1.54, 1.807) is 12.1 Å². The van der Waals surface area contributed by atoms with E-state index in [-0.39, 0.29) is 30.8 Å². The zero-order valence-corrected chi connectivity index (χ0v) is 11.8. The van der Waals surface area contributed by atoms with Crippen LogP contribution in [0.4, 0.5) is 8.78 Å². The lowest BCUT2D eigenvalue weighted by atomic mass is 10.0. The minimum Gasteiger partial charge on any atom is -0.435 e. The molecule has 1 aliphatic heterocycles. The van der Waals surface area contributed by atoms with Crippen molar-refractivity contribution in [2.75, 3.05) is 32.8 Å². The first-order chi connectivity index (χ1) is 9.20. The van der Waals surface area contributed by atoms with E-state index in [9.17, 15) is 13.9 Å². The highest BCUT2D eigenvalue weighted by Gasteiger charge is 2.21. The summed E-state index contributed by atoms with van der Waals surface area (Å²) in [6.07, 6.45) is 0.